The molecule has 0 N–H and O–H groups in total. The second kappa shape index (κ2) is 4.49. The normalized spacial score (nSPS) is 14.7. The van der Waals surface area contributed by atoms with Crippen LogP contribution in [0.25, 0.3) is 0 Å². The molecular weight excluding hydrogens is 324 g/mol. The third-order valence-electron chi connectivity index (χ3n) is 2.10. The first kappa shape index (κ1) is 10.9. The molecule has 0 amide bonds. The van der Waals surface area contributed by atoms with Crippen molar-refractivity contribution >= 4 is 37.6 Å². The van der Waals surface area contributed by atoms with Gasteiger partial charge in [0.1, 0.15) is 0 Å². The van der Waals surface area contributed by atoms with Gasteiger partial charge in [-0.3, -0.25) is 4.79 Å². The first-order valence-corrected chi connectivity index (χ1v) is 6.10. The van der Waals surface area contributed by atoms with Crippen LogP contribution in [0.5, 0.6) is 0 Å². The molecule has 1 aromatic carbocycles. The first-order valence-electron chi connectivity index (χ1n) is 4.51. The van der Waals surface area contributed by atoms with Crippen molar-refractivity contribution in [3.8, 4) is 0 Å². The summed E-state index contributed by atoms with van der Waals surface area (Å²) in [6.07, 6.45) is 2.64. The summed E-state index contributed by atoms with van der Waals surface area (Å²) in [5.74, 6) is 0.384. The fourth-order valence-corrected chi connectivity index (χ4v) is 2.17. The topological polar surface area (TPSA) is 26.3 Å². The van der Waals surface area contributed by atoms with E-state index in [1.165, 1.54) is 0 Å². The van der Waals surface area contributed by atoms with Crippen LogP contribution in [0.15, 0.2) is 39.0 Å². The second-order valence-corrected chi connectivity index (χ2v) is 4.93. The van der Waals surface area contributed by atoms with E-state index in [4.69, 9.17) is 4.74 Å². The van der Waals surface area contributed by atoms with Crippen molar-refractivity contribution in [3.63, 3.8) is 0 Å². The molecule has 0 saturated heterocycles. The second-order valence-electron chi connectivity index (χ2n) is 3.16. The Morgan fingerprint density at radius 3 is 2.80 bits per heavy atom. The molecule has 1 heterocycles. The van der Waals surface area contributed by atoms with Crippen LogP contribution < -0.4 is 0 Å². The van der Waals surface area contributed by atoms with Crippen LogP contribution in [-0.4, -0.2) is 12.4 Å². The number of halogens is 2. The summed E-state index contributed by atoms with van der Waals surface area (Å²) in [5.41, 5.74) is 0.623. The highest BCUT2D eigenvalue weighted by Gasteiger charge is 2.19. The number of rotatable bonds is 2. The minimum atomic E-state index is -0.0688. The lowest BCUT2D eigenvalue weighted by molar-refractivity contribution is 0.0941. The predicted molar refractivity (Wildman–Crippen MR) is 64.8 cm³/mol. The maximum atomic E-state index is 12.0. The molecule has 1 aliphatic rings. The number of benzene rings is 1. The third kappa shape index (κ3) is 2.32. The Morgan fingerprint density at radius 1 is 1.33 bits per heavy atom. The zero-order valence-electron chi connectivity index (χ0n) is 7.80. The molecule has 0 atom stereocenters. The van der Waals surface area contributed by atoms with Gasteiger partial charge in [0.15, 0.2) is 5.76 Å². The van der Waals surface area contributed by atoms with E-state index in [1.54, 1.807) is 6.07 Å². The number of ether oxygens (including phenoxy) is 1. The Kier molecular flexibility index (Phi) is 3.26. The third-order valence-corrected chi connectivity index (χ3v) is 3.29. The molecule has 15 heavy (non-hydrogen) atoms. The van der Waals surface area contributed by atoms with Crippen LogP contribution >= 0.6 is 31.9 Å². The van der Waals surface area contributed by atoms with Gasteiger partial charge in [0.05, 0.1) is 6.61 Å². The average molecular weight is 332 g/mol. The van der Waals surface area contributed by atoms with E-state index in [0.29, 0.717) is 17.9 Å². The van der Waals surface area contributed by atoms with Gasteiger partial charge in [-0.25, -0.2) is 0 Å². The van der Waals surface area contributed by atoms with Crippen molar-refractivity contribution in [1.29, 1.82) is 0 Å². The summed E-state index contributed by atoms with van der Waals surface area (Å²) in [5, 5.41) is 0. The Morgan fingerprint density at radius 2 is 2.13 bits per heavy atom. The van der Waals surface area contributed by atoms with Crippen LogP contribution in [0.1, 0.15) is 16.8 Å². The molecule has 0 saturated carbocycles. The van der Waals surface area contributed by atoms with Gasteiger partial charge in [-0.1, -0.05) is 31.9 Å². The summed E-state index contributed by atoms with van der Waals surface area (Å²) in [6.45, 7) is 0.604. The number of hydrogen-bond acceptors (Lipinski definition) is 2. The molecule has 0 radical (unpaired) electrons. The Balaban J connectivity index is 2.36. The number of allylic oxidation sites excluding steroid dienone is 1. The van der Waals surface area contributed by atoms with Gasteiger partial charge in [0.25, 0.3) is 0 Å². The molecule has 0 bridgehead atoms. The Bertz CT molecular complexity index is 438. The van der Waals surface area contributed by atoms with E-state index in [2.05, 4.69) is 31.9 Å². The van der Waals surface area contributed by atoms with Gasteiger partial charge in [0.2, 0.25) is 5.78 Å². The van der Waals surface area contributed by atoms with Crippen LogP contribution in [-0.2, 0) is 4.74 Å². The van der Waals surface area contributed by atoms with E-state index in [9.17, 15) is 4.79 Å². The predicted octanol–water partition coefficient (Wildman–Crippen LogP) is 3.70. The summed E-state index contributed by atoms with van der Waals surface area (Å²) in [6, 6.07) is 5.51. The summed E-state index contributed by atoms with van der Waals surface area (Å²) in [7, 11) is 0. The number of ketones is 1. The molecule has 78 valence electrons. The lowest BCUT2D eigenvalue weighted by Gasteiger charge is -2.05. The number of hydrogen-bond donors (Lipinski definition) is 0. The highest BCUT2D eigenvalue weighted by molar-refractivity contribution is 9.11. The first-order chi connectivity index (χ1) is 7.18. The van der Waals surface area contributed by atoms with Gasteiger partial charge >= 0.3 is 0 Å². The van der Waals surface area contributed by atoms with E-state index in [1.807, 2.05) is 18.2 Å². The SMILES string of the molecule is O=C(C1=CCCO1)c1cc(Br)ccc1Br. The van der Waals surface area contributed by atoms with E-state index >= 15 is 0 Å². The zero-order valence-corrected chi connectivity index (χ0v) is 11.0. The minimum absolute atomic E-state index is 0.0688. The number of carbonyl (C=O) groups is 1. The van der Waals surface area contributed by atoms with Gasteiger partial charge < -0.3 is 4.74 Å². The monoisotopic (exact) mass is 330 g/mol. The quantitative estimate of drug-likeness (QED) is 0.772. The fourth-order valence-electron chi connectivity index (χ4n) is 1.38. The van der Waals surface area contributed by atoms with Crippen molar-refractivity contribution in [3.05, 3.63) is 44.5 Å². The smallest absolute Gasteiger partial charge is 0.228 e. The van der Waals surface area contributed by atoms with E-state index in [0.717, 1.165) is 15.4 Å². The van der Waals surface area contributed by atoms with Crippen LogP contribution in [0.2, 0.25) is 0 Å². The standard InChI is InChI=1S/C11H8Br2O2/c12-7-3-4-9(13)8(6-7)11(14)10-2-1-5-15-10/h2-4,6H,1,5H2. The molecule has 0 fully saturated rings. The van der Waals surface area contributed by atoms with Gasteiger partial charge in [-0.05, 0) is 24.3 Å². The lowest BCUT2D eigenvalue weighted by Crippen LogP contribution is -2.04. The van der Waals surface area contributed by atoms with E-state index in [-0.39, 0.29) is 5.78 Å². The largest absolute Gasteiger partial charge is 0.489 e. The van der Waals surface area contributed by atoms with Crippen molar-refractivity contribution < 1.29 is 9.53 Å². The van der Waals surface area contributed by atoms with Crippen LogP contribution in [0.3, 0.4) is 0 Å². The van der Waals surface area contributed by atoms with Crippen molar-refractivity contribution in [2.24, 2.45) is 0 Å². The Labute approximate surface area is 105 Å². The molecule has 2 nitrogen and oxygen atoms in total. The van der Waals surface area contributed by atoms with Crippen molar-refractivity contribution in [2.75, 3.05) is 6.61 Å². The summed E-state index contributed by atoms with van der Waals surface area (Å²) >= 11 is 6.69. The van der Waals surface area contributed by atoms with Crippen molar-refractivity contribution in [1.82, 2.24) is 0 Å². The maximum absolute atomic E-state index is 12.0. The molecule has 1 aliphatic heterocycles. The molecule has 0 aliphatic carbocycles. The molecule has 1 aromatic rings. The van der Waals surface area contributed by atoms with Crippen LogP contribution in [0, 0.1) is 0 Å². The molecular formula is C11H8Br2O2. The highest BCUT2D eigenvalue weighted by atomic mass is 79.9. The molecule has 0 unspecified atom stereocenters. The van der Waals surface area contributed by atoms with E-state index < -0.39 is 0 Å². The molecule has 2 rings (SSSR count). The van der Waals surface area contributed by atoms with Gasteiger partial charge in [0, 0.05) is 20.9 Å². The average Bonchev–Trinajstić information content (AvgIpc) is 2.74. The van der Waals surface area contributed by atoms with Gasteiger partial charge in [-0.15, -0.1) is 0 Å². The molecule has 4 heteroatoms. The van der Waals surface area contributed by atoms with Gasteiger partial charge in [-0.2, -0.15) is 0 Å². The van der Waals surface area contributed by atoms with Crippen molar-refractivity contribution in [2.45, 2.75) is 6.42 Å². The lowest BCUT2D eigenvalue weighted by atomic mass is 10.1. The number of carbonyl (C=O) groups excluding carboxylic acids is 1. The zero-order chi connectivity index (χ0) is 10.8. The number of Topliss-reactive ketones (excluding diaryl/α,β-unsaturated/α-hetero) is 1. The van der Waals surface area contributed by atoms with Crippen LogP contribution in [0.4, 0.5) is 0 Å². The molecule has 0 aromatic heterocycles. The molecule has 0 spiro atoms. The maximum Gasteiger partial charge on any atom is 0.228 e. The summed E-state index contributed by atoms with van der Waals surface area (Å²) in [4.78, 5) is 12.0. The fraction of sp³-hybridized carbons (Fsp3) is 0.182. The Hall–Kier alpha value is -0.610. The highest BCUT2D eigenvalue weighted by Crippen LogP contribution is 2.25. The minimum Gasteiger partial charge on any atom is -0.489 e. The summed E-state index contributed by atoms with van der Waals surface area (Å²) < 4.78 is 6.91.